The molecule has 1 nitrogen and oxygen atoms in total. The van der Waals surface area contributed by atoms with Crippen molar-refractivity contribution < 1.29 is 0 Å². The number of pyridine rings is 1. The first-order valence-corrected chi connectivity index (χ1v) is 3.20. The fourth-order valence-corrected chi connectivity index (χ4v) is 0.752. The SMILES string of the molecule is C#Cc1cnc(C)c(Cl)c1. The molecule has 0 fully saturated rings. The summed E-state index contributed by atoms with van der Waals surface area (Å²) in [5.74, 6) is 2.45. The largest absolute Gasteiger partial charge is 0.259 e. The van der Waals surface area contributed by atoms with Gasteiger partial charge in [0.05, 0.1) is 10.7 Å². The first-order valence-electron chi connectivity index (χ1n) is 2.83. The van der Waals surface area contributed by atoms with Gasteiger partial charge in [-0.15, -0.1) is 6.42 Å². The third-order valence-electron chi connectivity index (χ3n) is 1.19. The minimum atomic E-state index is 0.621. The molecule has 0 aliphatic rings. The fraction of sp³-hybridized carbons (Fsp3) is 0.125. The molecule has 0 aliphatic heterocycles. The van der Waals surface area contributed by atoms with Crippen molar-refractivity contribution in [1.82, 2.24) is 4.98 Å². The standard InChI is InChI=1S/C8H6ClN/c1-3-7-4-8(9)6(2)10-5-7/h1,4-5H,2H3. The molecule has 0 unspecified atom stereocenters. The second kappa shape index (κ2) is 2.72. The fourth-order valence-electron chi connectivity index (χ4n) is 0.585. The van der Waals surface area contributed by atoms with Crippen molar-refractivity contribution in [3.63, 3.8) is 0 Å². The smallest absolute Gasteiger partial charge is 0.0631 e. The van der Waals surface area contributed by atoms with Gasteiger partial charge in [0.15, 0.2) is 0 Å². The van der Waals surface area contributed by atoms with Crippen LogP contribution < -0.4 is 0 Å². The summed E-state index contributed by atoms with van der Waals surface area (Å²) >= 11 is 5.73. The zero-order valence-electron chi connectivity index (χ0n) is 5.56. The van der Waals surface area contributed by atoms with E-state index in [-0.39, 0.29) is 0 Å². The van der Waals surface area contributed by atoms with Crippen LogP contribution in [0.2, 0.25) is 5.02 Å². The minimum Gasteiger partial charge on any atom is -0.259 e. The van der Waals surface area contributed by atoms with Crippen LogP contribution in [0.4, 0.5) is 0 Å². The Balaban J connectivity index is 3.20. The highest BCUT2D eigenvalue weighted by Gasteiger charge is 1.94. The number of nitrogens with zero attached hydrogens (tertiary/aromatic N) is 1. The molecule has 0 atom stereocenters. The van der Waals surface area contributed by atoms with Crippen molar-refractivity contribution in [3.05, 3.63) is 28.5 Å². The Morgan fingerprint density at radius 1 is 1.70 bits per heavy atom. The van der Waals surface area contributed by atoms with Crippen LogP contribution in [-0.2, 0) is 0 Å². The number of halogens is 1. The molecule has 0 amide bonds. The lowest BCUT2D eigenvalue weighted by atomic mass is 10.3. The van der Waals surface area contributed by atoms with Crippen LogP contribution >= 0.6 is 11.6 Å². The van der Waals surface area contributed by atoms with Crippen molar-refractivity contribution in [2.75, 3.05) is 0 Å². The molecular formula is C8H6ClN. The van der Waals surface area contributed by atoms with Gasteiger partial charge in [0.1, 0.15) is 0 Å². The molecule has 0 spiro atoms. The van der Waals surface area contributed by atoms with E-state index in [0.717, 1.165) is 11.3 Å². The van der Waals surface area contributed by atoms with E-state index in [1.165, 1.54) is 0 Å². The number of rotatable bonds is 0. The molecule has 0 aromatic carbocycles. The predicted octanol–water partition coefficient (Wildman–Crippen LogP) is 2.02. The monoisotopic (exact) mass is 151 g/mol. The first-order chi connectivity index (χ1) is 4.74. The normalized spacial score (nSPS) is 8.90. The zero-order chi connectivity index (χ0) is 7.56. The van der Waals surface area contributed by atoms with Crippen LogP contribution in [0.25, 0.3) is 0 Å². The Kier molecular flexibility index (Phi) is 1.94. The molecular weight excluding hydrogens is 146 g/mol. The molecule has 0 saturated heterocycles. The van der Waals surface area contributed by atoms with Crippen LogP contribution in [0.1, 0.15) is 11.3 Å². The molecule has 0 saturated carbocycles. The average Bonchev–Trinajstić information content (AvgIpc) is 1.95. The summed E-state index contributed by atoms with van der Waals surface area (Å²) < 4.78 is 0. The Morgan fingerprint density at radius 3 is 2.90 bits per heavy atom. The lowest BCUT2D eigenvalue weighted by Crippen LogP contribution is -1.83. The second-order valence-electron chi connectivity index (χ2n) is 1.94. The van der Waals surface area contributed by atoms with Gasteiger partial charge in [-0.05, 0) is 13.0 Å². The van der Waals surface area contributed by atoms with Crippen molar-refractivity contribution in [1.29, 1.82) is 0 Å². The van der Waals surface area contributed by atoms with Crippen molar-refractivity contribution in [3.8, 4) is 12.3 Å². The highest BCUT2D eigenvalue weighted by atomic mass is 35.5. The molecule has 2 heteroatoms. The van der Waals surface area contributed by atoms with E-state index in [4.69, 9.17) is 18.0 Å². The van der Waals surface area contributed by atoms with Gasteiger partial charge in [-0.3, -0.25) is 4.98 Å². The summed E-state index contributed by atoms with van der Waals surface area (Å²) in [7, 11) is 0. The van der Waals surface area contributed by atoms with Gasteiger partial charge in [-0.1, -0.05) is 17.5 Å². The topological polar surface area (TPSA) is 12.9 Å². The van der Waals surface area contributed by atoms with Gasteiger partial charge in [0.2, 0.25) is 0 Å². The molecule has 50 valence electrons. The number of aryl methyl sites for hydroxylation is 1. The lowest BCUT2D eigenvalue weighted by Gasteiger charge is -1.94. The second-order valence-corrected chi connectivity index (χ2v) is 2.34. The third kappa shape index (κ3) is 1.29. The number of hydrogen-bond donors (Lipinski definition) is 0. The van der Waals surface area contributed by atoms with Gasteiger partial charge in [0, 0.05) is 11.8 Å². The molecule has 0 N–H and O–H groups in total. The highest BCUT2D eigenvalue weighted by Crippen LogP contribution is 2.12. The van der Waals surface area contributed by atoms with E-state index in [1.807, 2.05) is 6.92 Å². The van der Waals surface area contributed by atoms with Gasteiger partial charge < -0.3 is 0 Å². The minimum absolute atomic E-state index is 0.621. The molecule has 1 rings (SSSR count). The third-order valence-corrected chi connectivity index (χ3v) is 1.57. The van der Waals surface area contributed by atoms with E-state index in [9.17, 15) is 0 Å². The highest BCUT2D eigenvalue weighted by molar-refractivity contribution is 6.31. The van der Waals surface area contributed by atoms with Crippen LogP contribution in [0.15, 0.2) is 12.3 Å². The van der Waals surface area contributed by atoms with E-state index in [2.05, 4.69) is 10.9 Å². The zero-order valence-corrected chi connectivity index (χ0v) is 6.31. The van der Waals surface area contributed by atoms with Crippen LogP contribution in [-0.4, -0.2) is 4.98 Å². The van der Waals surface area contributed by atoms with E-state index in [0.29, 0.717) is 5.02 Å². The van der Waals surface area contributed by atoms with E-state index < -0.39 is 0 Å². The number of hydrogen-bond acceptors (Lipinski definition) is 1. The van der Waals surface area contributed by atoms with Crippen LogP contribution in [0.3, 0.4) is 0 Å². The molecule has 0 bridgehead atoms. The Hall–Kier alpha value is -1.00. The molecule has 0 radical (unpaired) electrons. The maximum Gasteiger partial charge on any atom is 0.0631 e. The van der Waals surface area contributed by atoms with Gasteiger partial charge >= 0.3 is 0 Å². The number of terminal acetylenes is 1. The van der Waals surface area contributed by atoms with E-state index >= 15 is 0 Å². The summed E-state index contributed by atoms with van der Waals surface area (Å²) in [5.41, 5.74) is 1.52. The van der Waals surface area contributed by atoms with Gasteiger partial charge in [0.25, 0.3) is 0 Å². The molecule has 1 aromatic rings. The summed E-state index contributed by atoms with van der Waals surface area (Å²) in [4.78, 5) is 3.98. The molecule has 0 aliphatic carbocycles. The summed E-state index contributed by atoms with van der Waals surface area (Å²) in [6.45, 7) is 1.84. The number of aromatic nitrogens is 1. The maximum atomic E-state index is 5.73. The molecule has 1 heterocycles. The Bertz CT molecular complexity index is 286. The summed E-state index contributed by atoms with van der Waals surface area (Å²) in [6.07, 6.45) is 6.75. The summed E-state index contributed by atoms with van der Waals surface area (Å²) in [6, 6.07) is 1.73. The maximum absolute atomic E-state index is 5.73. The first kappa shape index (κ1) is 7.11. The summed E-state index contributed by atoms with van der Waals surface area (Å²) in [5, 5.41) is 0.621. The van der Waals surface area contributed by atoms with Gasteiger partial charge in [-0.2, -0.15) is 0 Å². The van der Waals surface area contributed by atoms with Crippen LogP contribution in [0, 0.1) is 19.3 Å². The molecule has 10 heavy (non-hydrogen) atoms. The predicted molar refractivity (Wildman–Crippen MR) is 41.9 cm³/mol. The van der Waals surface area contributed by atoms with Crippen molar-refractivity contribution in [2.24, 2.45) is 0 Å². The quantitative estimate of drug-likeness (QED) is 0.517. The van der Waals surface area contributed by atoms with Crippen molar-refractivity contribution in [2.45, 2.75) is 6.92 Å². The van der Waals surface area contributed by atoms with Crippen molar-refractivity contribution >= 4 is 11.6 Å². The van der Waals surface area contributed by atoms with Crippen LogP contribution in [0.5, 0.6) is 0 Å². The molecule has 1 aromatic heterocycles. The van der Waals surface area contributed by atoms with E-state index in [1.54, 1.807) is 12.3 Å². The Labute approximate surface area is 65.0 Å². The lowest BCUT2D eigenvalue weighted by molar-refractivity contribution is 1.19. The van der Waals surface area contributed by atoms with Gasteiger partial charge in [-0.25, -0.2) is 0 Å². The average molecular weight is 152 g/mol. The Morgan fingerprint density at radius 2 is 2.40 bits per heavy atom.